The van der Waals surface area contributed by atoms with Gasteiger partial charge in [0.15, 0.2) is 0 Å². The molecule has 0 radical (unpaired) electrons. The molecule has 2 nitrogen and oxygen atoms in total. The van der Waals surface area contributed by atoms with E-state index in [4.69, 9.17) is 5.73 Å². The van der Waals surface area contributed by atoms with Gasteiger partial charge in [0.05, 0.1) is 0 Å². The van der Waals surface area contributed by atoms with Crippen LogP contribution in [0.2, 0.25) is 0 Å². The van der Waals surface area contributed by atoms with Crippen LogP contribution in [0.1, 0.15) is 31.4 Å². The van der Waals surface area contributed by atoms with Crippen LogP contribution in [-0.4, -0.2) is 19.6 Å². The minimum absolute atomic E-state index is 0.713. The Kier molecular flexibility index (Phi) is 5.49. The first-order valence-electron chi connectivity index (χ1n) is 6.56. The molecule has 0 aliphatic carbocycles. The number of nitrogens with two attached hydrogens (primary N) is 1. The zero-order valence-electron chi connectivity index (χ0n) is 11.7. The number of nitrogens with zero attached hydrogens (tertiary/aromatic N) is 1. The summed E-state index contributed by atoms with van der Waals surface area (Å²) in [6.07, 6.45) is 1.22. The molecule has 2 N–H and O–H groups in total. The minimum Gasteiger partial charge on any atom is -0.370 e. The molecule has 1 rings (SSSR count). The van der Waals surface area contributed by atoms with Crippen molar-refractivity contribution in [2.45, 2.75) is 34.1 Å². The molecule has 0 saturated heterocycles. The maximum atomic E-state index is 5.71. The fourth-order valence-corrected chi connectivity index (χ4v) is 2.07. The smallest absolute Gasteiger partial charge is 0.0371 e. The van der Waals surface area contributed by atoms with Crippen molar-refractivity contribution >= 4 is 5.69 Å². The molecular weight excluding hydrogens is 208 g/mol. The second kappa shape index (κ2) is 6.65. The monoisotopic (exact) mass is 234 g/mol. The van der Waals surface area contributed by atoms with E-state index in [1.165, 1.54) is 23.2 Å². The van der Waals surface area contributed by atoms with Gasteiger partial charge in [-0.3, -0.25) is 0 Å². The summed E-state index contributed by atoms with van der Waals surface area (Å²) < 4.78 is 0. The van der Waals surface area contributed by atoms with Crippen LogP contribution in [0.3, 0.4) is 0 Å². The van der Waals surface area contributed by atoms with Crippen LogP contribution in [0.25, 0.3) is 0 Å². The Balaban J connectivity index is 2.80. The molecule has 2 heteroatoms. The van der Waals surface area contributed by atoms with E-state index >= 15 is 0 Å². The number of benzene rings is 1. The highest BCUT2D eigenvalue weighted by Gasteiger charge is 2.07. The van der Waals surface area contributed by atoms with Gasteiger partial charge >= 0.3 is 0 Å². The van der Waals surface area contributed by atoms with Gasteiger partial charge in [0.2, 0.25) is 0 Å². The lowest BCUT2D eigenvalue weighted by molar-refractivity contribution is 0.573. The molecule has 17 heavy (non-hydrogen) atoms. The van der Waals surface area contributed by atoms with Crippen molar-refractivity contribution in [2.75, 3.05) is 24.5 Å². The number of hydrogen-bond donors (Lipinski definition) is 1. The average molecular weight is 234 g/mol. The molecule has 0 aliphatic rings. The highest BCUT2D eigenvalue weighted by atomic mass is 15.1. The second-order valence-corrected chi connectivity index (χ2v) is 5.30. The van der Waals surface area contributed by atoms with E-state index in [9.17, 15) is 0 Å². The molecule has 0 atom stereocenters. The van der Waals surface area contributed by atoms with Crippen LogP contribution in [0.4, 0.5) is 5.69 Å². The molecule has 0 spiro atoms. The molecule has 0 saturated carbocycles. The lowest BCUT2D eigenvalue weighted by Crippen LogP contribution is -2.31. The third-order valence-electron chi connectivity index (χ3n) is 2.95. The highest BCUT2D eigenvalue weighted by molar-refractivity contribution is 5.50. The summed E-state index contributed by atoms with van der Waals surface area (Å²) in [5.41, 5.74) is 9.67. The largest absolute Gasteiger partial charge is 0.370 e. The third-order valence-corrected chi connectivity index (χ3v) is 2.95. The van der Waals surface area contributed by atoms with Crippen LogP contribution in [0, 0.1) is 19.8 Å². The molecule has 0 fully saturated rings. The third kappa shape index (κ3) is 4.78. The van der Waals surface area contributed by atoms with Gasteiger partial charge in [-0.2, -0.15) is 0 Å². The maximum Gasteiger partial charge on any atom is 0.0371 e. The zero-order valence-corrected chi connectivity index (χ0v) is 11.7. The summed E-state index contributed by atoms with van der Waals surface area (Å²) in [5, 5.41) is 0. The van der Waals surface area contributed by atoms with Gasteiger partial charge in [-0.15, -0.1) is 0 Å². The Morgan fingerprint density at radius 2 is 1.65 bits per heavy atom. The first-order valence-corrected chi connectivity index (χ1v) is 6.56. The molecule has 1 aromatic carbocycles. The molecule has 0 heterocycles. The van der Waals surface area contributed by atoms with Crippen molar-refractivity contribution in [1.82, 2.24) is 0 Å². The van der Waals surface area contributed by atoms with Gasteiger partial charge in [0.25, 0.3) is 0 Å². The topological polar surface area (TPSA) is 29.3 Å². The summed E-state index contributed by atoms with van der Waals surface area (Å²) in [4.78, 5) is 2.40. The van der Waals surface area contributed by atoms with Gasteiger partial charge in [-0.25, -0.2) is 0 Å². The Labute approximate surface area is 106 Å². The predicted molar refractivity (Wildman–Crippen MR) is 76.6 cm³/mol. The van der Waals surface area contributed by atoms with E-state index in [2.05, 4.69) is 50.8 Å². The van der Waals surface area contributed by atoms with E-state index < -0.39 is 0 Å². The number of rotatable bonds is 6. The SMILES string of the molecule is Cc1cc(C)cc(N(CCN)CCC(C)C)c1. The molecule has 0 amide bonds. The van der Waals surface area contributed by atoms with E-state index in [0.717, 1.165) is 19.0 Å². The molecule has 0 unspecified atom stereocenters. The van der Waals surface area contributed by atoms with Crippen LogP contribution < -0.4 is 10.6 Å². The van der Waals surface area contributed by atoms with E-state index in [-0.39, 0.29) is 0 Å². The number of aryl methyl sites for hydroxylation is 2. The molecular formula is C15H26N2. The van der Waals surface area contributed by atoms with E-state index in [1.807, 2.05) is 0 Å². The minimum atomic E-state index is 0.713. The normalized spacial score (nSPS) is 10.9. The highest BCUT2D eigenvalue weighted by Crippen LogP contribution is 2.19. The Morgan fingerprint density at radius 1 is 1.06 bits per heavy atom. The quantitative estimate of drug-likeness (QED) is 0.819. The van der Waals surface area contributed by atoms with Crippen LogP contribution in [0.15, 0.2) is 18.2 Å². The van der Waals surface area contributed by atoms with Gasteiger partial charge < -0.3 is 10.6 Å². The Morgan fingerprint density at radius 3 is 2.12 bits per heavy atom. The molecule has 1 aromatic rings. The van der Waals surface area contributed by atoms with Gasteiger partial charge in [-0.1, -0.05) is 19.9 Å². The zero-order chi connectivity index (χ0) is 12.8. The maximum absolute atomic E-state index is 5.71. The summed E-state index contributed by atoms with van der Waals surface area (Å²) >= 11 is 0. The van der Waals surface area contributed by atoms with Crippen LogP contribution in [0.5, 0.6) is 0 Å². The lowest BCUT2D eigenvalue weighted by atomic mass is 10.1. The summed E-state index contributed by atoms with van der Waals surface area (Å²) in [6, 6.07) is 6.72. The summed E-state index contributed by atoms with van der Waals surface area (Å²) in [7, 11) is 0. The van der Waals surface area contributed by atoms with Crippen molar-refractivity contribution in [3.63, 3.8) is 0 Å². The standard InChI is InChI=1S/C15H26N2/c1-12(2)5-7-17(8-6-16)15-10-13(3)9-14(4)11-15/h9-12H,5-8,16H2,1-4H3. The molecule has 96 valence electrons. The number of anilines is 1. The van der Waals surface area contributed by atoms with Gasteiger partial charge in [0.1, 0.15) is 0 Å². The van der Waals surface area contributed by atoms with E-state index in [0.29, 0.717) is 6.54 Å². The molecule has 0 aliphatic heterocycles. The van der Waals surface area contributed by atoms with Crippen molar-refractivity contribution in [2.24, 2.45) is 11.7 Å². The van der Waals surface area contributed by atoms with Crippen LogP contribution in [-0.2, 0) is 0 Å². The summed E-state index contributed by atoms with van der Waals surface area (Å²) in [5.74, 6) is 0.737. The van der Waals surface area contributed by atoms with E-state index in [1.54, 1.807) is 0 Å². The second-order valence-electron chi connectivity index (χ2n) is 5.30. The van der Waals surface area contributed by atoms with Crippen molar-refractivity contribution < 1.29 is 0 Å². The lowest BCUT2D eigenvalue weighted by Gasteiger charge is -2.26. The molecule has 0 bridgehead atoms. The van der Waals surface area contributed by atoms with Crippen LogP contribution >= 0.6 is 0 Å². The fourth-order valence-electron chi connectivity index (χ4n) is 2.07. The van der Waals surface area contributed by atoms with Crippen molar-refractivity contribution in [3.8, 4) is 0 Å². The average Bonchev–Trinajstić information content (AvgIpc) is 2.22. The van der Waals surface area contributed by atoms with Crippen molar-refractivity contribution in [1.29, 1.82) is 0 Å². The Bertz CT molecular complexity index is 325. The predicted octanol–water partition coefficient (Wildman–Crippen LogP) is 3.11. The first kappa shape index (κ1) is 14.0. The first-order chi connectivity index (χ1) is 8.02. The Hall–Kier alpha value is -1.02. The van der Waals surface area contributed by atoms with Gasteiger partial charge in [-0.05, 0) is 49.4 Å². The van der Waals surface area contributed by atoms with Gasteiger partial charge in [0, 0.05) is 25.3 Å². The fraction of sp³-hybridized carbons (Fsp3) is 0.600. The summed E-state index contributed by atoms with van der Waals surface area (Å²) in [6.45, 7) is 11.6. The number of hydrogen-bond acceptors (Lipinski definition) is 2. The molecule has 0 aromatic heterocycles. The van der Waals surface area contributed by atoms with Crippen molar-refractivity contribution in [3.05, 3.63) is 29.3 Å².